The summed E-state index contributed by atoms with van der Waals surface area (Å²) in [6, 6.07) is 10.5. The summed E-state index contributed by atoms with van der Waals surface area (Å²) in [5, 5.41) is 2.94. The van der Waals surface area contributed by atoms with E-state index in [0.29, 0.717) is 12.1 Å². The lowest BCUT2D eigenvalue weighted by molar-refractivity contribution is -0.117. The fourth-order valence-electron chi connectivity index (χ4n) is 3.21. The van der Waals surface area contributed by atoms with Gasteiger partial charge in [-0.3, -0.25) is 9.10 Å². The third-order valence-corrected chi connectivity index (χ3v) is 5.83. The smallest absolute Gasteiger partial charge is 0.248 e. The predicted molar refractivity (Wildman–Crippen MR) is 112 cm³/mol. The van der Waals surface area contributed by atoms with E-state index in [4.69, 9.17) is 0 Å². The molecule has 6 heteroatoms. The molecule has 27 heavy (non-hydrogen) atoms. The van der Waals surface area contributed by atoms with Gasteiger partial charge in [0.05, 0.1) is 11.9 Å². The number of aryl methyl sites for hydroxylation is 4. The number of carbonyl (C=O) groups is 1. The van der Waals surface area contributed by atoms with Crippen LogP contribution < -0.4 is 9.62 Å². The number of hydrogen-bond acceptors (Lipinski definition) is 3. The minimum Gasteiger partial charge on any atom is -0.324 e. The molecule has 0 bridgehead atoms. The van der Waals surface area contributed by atoms with Gasteiger partial charge >= 0.3 is 0 Å². The van der Waals surface area contributed by atoms with Crippen LogP contribution in [0.1, 0.15) is 35.6 Å². The summed E-state index contributed by atoms with van der Waals surface area (Å²) in [6.07, 6.45) is 1.50. The molecule has 2 aromatic carbocycles. The molecule has 0 unspecified atom stereocenters. The first kappa shape index (κ1) is 21.0. The third kappa shape index (κ3) is 4.69. The molecule has 1 amide bonds. The molecule has 2 rings (SSSR count). The largest absolute Gasteiger partial charge is 0.324 e. The Morgan fingerprint density at radius 1 is 1.04 bits per heavy atom. The highest BCUT2D eigenvalue weighted by Gasteiger charge is 2.32. The fourth-order valence-corrected chi connectivity index (χ4v) is 4.47. The van der Waals surface area contributed by atoms with Crippen molar-refractivity contribution >= 4 is 27.3 Å². The Balaban J connectivity index is 2.50. The summed E-state index contributed by atoms with van der Waals surface area (Å²) in [7, 11) is -3.65. The second kappa shape index (κ2) is 8.13. The molecule has 0 heterocycles. The highest BCUT2D eigenvalue weighted by atomic mass is 32.2. The van der Waals surface area contributed by atoms with E-state index in [2.05, 4.69) is 5.32 Å². The van der Waals surface area contributed by atoms with Crippen molar-refractivity contribution in [2.45, 2.75) is 47.1 Å². The number of amides is 1. The van der Waals surface area contributed by atoms with E-state index in [1.165, 1.54) is 4.31 Å². The van der Waals surface area contributed by atoms with Crippen LogP contribution in [-0.2, 0) is 14.8 Å². The van der Waals surface area contributed by atoms with Crippen LogP contribution in [0.5, 0.6) is 0 Å². The van der Waals surface area contributed by atoms with Crippen LogP contribution >= 0.6 is 0 Å². The lowest BCUT2D eigenvalue weighted by atomic mass is 10.1. The number of benzene rings is 2. The number of anilines is 2. The van der Waals surface area contributed by atoms with Gasteiger partial charge in [0, 0.05) is 5.69 Å². The van der Waals surface area contributed by atoms with Gasteiger partial charge in [-0.2, -0.15) is 0 Å². The van der Waals surface area contributed by atoms with Gasteiger partial charge in [0.25, 0.3) is 0 Å². The van der Waals surface area contributed by atoms with E-state index in [1.807, 2.05) is 71.0 Å². The maximum atomic E-state index is 13.1. The molecule has 0 saturated heterocycles. The quantitative estimate of drug-likeness (QED) is 0.810. The Kier molecular flexibility index (Phi) is 6.31. The van der Waals surface area contributed by atoms with Crippen molar-refractivity contribution in [1.29, 1.82) is 0 Å². The Labute approximate surface area is 162 Å². The topological polar surface area (TPSA) is 66.5 Å². The van der Waals surface area contributed by atoms with Gasteiger partial charge in [-0.05, 0) is 62.4 Å². The molecule has 0 aromatic heterocycles. The van der Waals surface area contributed by atoms with Gasteiger partial charge in [0.1, 0.15) is 6.04 Å². The van der Waals surface area contributed by atoms with E-state index in [-0.39, 0.29) is 5.91 Å². The summed E-state index contributed by atoms with van der Waals surface area (Å²) < 4.78 is 26.5. The SMILES string of the molecule is CC[C@H](C(=O)Nc1c(C)cccc1C)N(c1cc(C)ccc1C)S(C)(=O)=O. The highest BCUT2D eigenvalue weighted by molar-refractivity contribution is 7.92. The van der Waals surface area contributed by atoms with Gasteiger partial charge in [0.15, 0.2) is 0 Å². The monoisotopic (exact) mass is 388 g/mol. The summed E-state index contributed by atoms with van der Waals surface area (Å²) in [5.41, 5.74) is 4.90. The minimum atomic E-state index is -3.65. The Hall–Kier alpha value is -2.34. The lowest BCUT2D eigenvalue weighted by Gasteiger charge is -2.31. The van der Waals surface area contributed by atoms with Crippen molar-refractivity contribution in [2.24, 2.45) is 0 Å². The molecule has 146 valence electrons. The average Bonchev–Trinajstić information content (AvgIpc) is 2.57. The zero-order valence-corrected chi connectivity index (χ0v) is 17.6. The first-order chi connectivity index (χ1) is 12.6. The fraction of sp³-hybridized carbons (Fsp3) is 0.381. The van der Waals surface area contributed by atoms with Crippen LogP contribution in [0.2, 0.25) is 0 Å². The molecule has 0 aliphatic rings. The van der Waals surface area contributed by atoms with E-state index < -0.39 is 16.1 Å². The Morgan fingerprint density at radius 2 is 1.63 bits per heavy atom. The molecule has 0 spiro atoms. The first-order valence-corrected chi connectivity index (χ1v) is 10.8. The zero-order chi connectivity index (χ0) is 20.4. The third-order valence-electron chi connectivity index (χ3n) is 4.66. The van der Waals surface area contributed by atoms with Crippen LogP contribution in [0, 0.1) is 27.7 Å². The molecular weight excluding hydrogens is 360 g/mol. The zero-order valence-electron chi connectivity index (χ0n) is 16.8. The van der Waals surface area contributed by atoms with Gasteiger partial charge in [0.2, 0.25) is 15.9 Å². The summed E-state index contributed by atoms with van der Waals surface area (Å²) in [5.74, 6) is -0.332. The van der Waals surface area contributed by atoms with E-state index in [1.54, 1.807) is 0 Å². The summed E-state index contributed by atoms with van der Waals surface area (Å²) in [6.45, 7) is 9.41. The second-order valence-electron chi connectivity index (χ2n) is 7.03. The number of nitrogens with one attached hydrogen (secondary N) is 1. The summed E-state index contributed by atoms with van der Waals surface area (Å²) in [4.78, 5) is 13.1. The van der Waals surface area contributed by atoms with Crippen molar-refractivity contribution in [3.8, 4) is 0 Å². The van der Waals surface area contributed by atoms with Crippen LogP contribution in [0.15, 0.2) is 36.4 Å². The van der Waals surface area contributed by atoms with Gasteiger partial charge in [-0.1, -0.05) is 37.3 Å². The molecule has 1 atom stereocenters. The Morgan fingerprint density at radius 3 is 2.15 bits per heavy atom. The van der Waals surface area contributed by atoms with E-state index in [9.17, 15) is 13.2 Å². The molecule has 0 aliphatic carbocycles. The van der Waals surface area contributed by atoms with Crippen molar-refractivity contribution in [2.75, 3.05) is 15.9 Å². The average molecular weight is 389 g/mol. The molecule has 2 aromatic rings. The van der Waals surface area contributed by atoms with Gasteiger partial charge in [-0.25, -0.2) is 8.42 Å². The maximum Gasteiger partial charge on any atom is 0.248 e. The normalized spacial score (nSPS) is 12.5. The second-order valence-corrected chi connectivity index (χ2v) is 8.89. The van der Waals surface area contributed by atoms with Crippen molar-refractivity contribution in [3.05, 3.63) is 58.7 Å². The molecule has 1 N–H and O–H groups in total. The van der Waals surface area contributed by atoms with Gasteiger partial charge < -0.3 is 5.32 Å². The number of hydrogen-bond donors (Lipinski definition) is 1. The number of nitrogens with zero attached hydrogens (tertiary/aromatic N) is 1. The molecule has 0 fully saturated rings. The number of carbonyl (C=O) groups excluding carboxylic acids is 1. The van der Waals surface area contributed by atoms with Crippen LogP contribution in [0.4, 0.5) is 11.4 Å². The van der Waals surface area contributed by atoms with Crippen LogP contribution in [0.25, 0.3) is 0 Å². The van der Waals surface area contributed by atoms with E-state index in [0.717, 1.165) is 34.2 Å². The molecule has 5 nitrogen and oxygen atoms in total. The maximum absolute atomic E-state index is 13.1. The first-order valence-electron chi connectivity index (χ1n) is 9.00. The molecule has 0 saturated carbocycles. The Bertz CT molecular complexity index is 932. The molecule has 0 radical (unpaired) electrons. The molecule has 0 aliphatic heterocycles. The van der Waals surface area contributed by atoms with E-state index >= 15 is 0 Å². The number of sulfonamides is 1. The standard InChI is InChI=1S/C21H28N2O3S/c1-7-18(21(24)22-20-16(4)9-8-10-17(20)5)23(27(6,25)26)19-13-14(2)11-12-15(19)3/h8-13,18H,7H2,1-6H3,(H,22,24)/t18-/m1/s1. The van der Waals surface area contributed by atoms with Crippen LogP contribution in [0.3, 0.4) is 0 Å². The van der Waals surface area contributed by atoms with Crippen molar-refractivity contribution in [3.63, 3.8) is 0 Å². The number of para-hydroxylation sites is 1. The number of rotatable bonds is 6. The van der Waals surface area contributed by atoms with Gasteiger partial charge in [-0.15, -0.1) is 0 Å². The predicted octanol–water partition coefficient (Wildman–Crippen LogP) is 4.10. The van der Waals surface area contributed by atoms with Crippen LogP contribution in [-0.4, -0.2) is 26.6 Å². The van der Waals surface area contributed by atoms with Crippen molar-refractivity contribution < 1.29 is 13.2 Å². The highest BCUT2D eigenvalue weighted by Crippen LogP contribution is 2.28. The minimum absolute atomic E-state index is 0.332. The van der Waals surface area contributed by atoms with Crippen molar-refractivity contribution in [1.82, 2.24) is 0 Å². The molecular formula is C21H28N2O3S. The lowest BCUT2D eigenvalue weighted by Crippen LogP contribution is -2.47. The summed E-state index contributed by atoms with van der Waals surface area (Å²) >= 11 is 0.